The fraction of sp³-hybridized carbons (Fsp3) is 0.348. The van der Waals surface area contributed by atoms with Gasteiger partial charge in [-0.1, -0.05) is 23.8 Å². The van der Waals surface area contributed by atoms with Gasteiger partial charge in [-0.2, -0.15) is 0 Å². The molecule has 7 heteroatoms. The number of hydrogen-bond acceptors (Lipinski definition) is 5. The van der Waals surface area contributed by atoms with Crippen molar-refractivity contribution in [3.05, 3.63) is 76.0 Å². The average molecular weight is 445 g/mol. The molecular formula is C23H25FN2O2S2. The van der Waals surface area contributed by atoms with Gasteiger partial charge in [-0.25, -0.2) is 17.8 Å². The Labute approximate surface area is 181 Å². The molecule has 1 aromatic heterocycles. The molecule has 1 aliphatic heterocycles. The number of piperidine rings is 1. The van der Waals surface area contributed by atoms with E-state index in [9.17, 15) is 12.8 Å². The van der Waals surface area contributed by atoms with Gasteiger partial charge in [0, 0.05) is 24.9 Å². The van der Waals surface area contributed by atoms with Gasteiger partial charge in [0.15, 0.2) is 15.0 Å². The van der Waals surface area contributed by atoms with E-state index in [-0.39, 0.29) is 4.90 Å². The maximum Gasteiger partial charge on any atom is 0.185 e. The number of aryl methyl sites for hydroxylation is 2. The maximum absolute atomic E-state index is 13.1. The Balaban J connectivity index is 1.41. The smallest absolute Gasteiger partial charge is 0.185 e. The third kappa shape index (κ3) is 4.42. The molecule has 0 unspecified atom stereocenters. The van der Waals surface area contributed by atoms with Crippen molar-refractivity contribution < 1.29 is 12.8 Å². The monoisotopic (exact) mass is 444 g/mol. The van der Waals surface area contributed by atoms with Crippen molar-refractivity contribution in [1.29, 1.82) is 0 Å². The van der Waals surface area contributed by atoms with Gasteiger partial charge in [0.05, 0.1) is 15.8 Å². The van der Waals surface area contributed by atoms with E-state index >= 15 is 0 Å². The first-order valence-electron chi connectivity index (χ1n) is 10.1. The number of anilines is 1. The Morgan fingerprint density at radius 2 is 1.80 bits per heavy atom. The topological polar surface area (TPSA) is 50.3 Å². The molecule has 2 heterocycles. The molecular weight excluding hydrogens is 419 g/mol. The minimum absolute atomic E-state index is 0.201. The SMILES string of the molecule is Cc1ccc(C)c(Cc2csc(N3CCC(S(=O)(=O)c4ccc(F)cc4)CC3)n2)c1. The maximum atomic E-state index is 13.1. The quantitative estimate of drug-likeness (QED) is 0.524. The third-order valence-electron chi connectivity index (χ3n) is 5.71. The molecule has 1 aliphatic rings. The largest absolute Gasteiger partial charge is 0.348 e. The van der Waals surface area contributed by atoms with E-state index in [2.05, 4.69) is 42.3 Å². The first-order valence-corrected chi connectivity index (χ1v) is 12.5. The van der Waals surface area contributed by atoms with Crippen LogP contribution in [0.1, 0.15) is 35.2 Å². The molecule has 0 bridgehead atoms. The molecule has 0 amide bonds. The minimum Gasteiger partial charge on any atom is -0.348 e. The van der Waals surface area contributed by atoms with Gasteiger partial charge in [0.25, 0.3) is 0 Å². The van der Waals surface area contributed by atoms with E-state index < -0.39 is 20.9 Å². The molecule has 1 fully saturated rings. The molecule has 0 radical (unpaired) electrons. The molecule has 1 saturated heterocycles. The lowest BCUT2D eigenvalue weighted by molar-refractivity contribution is 0.529. The molecule has 0 saturated carbocycles. The normalized spacial score (nSPS) is 15.5. The average Bonchev–Trinajstić information content (AvgIpc) is 3.20. The molecule has 3 aromatic rings. The lowest BCUT2D eigenvalue weighted by Gasteiger charge is -2.31. The summed E-state index contributed by atoms with van der Waals surface area (Å²) in [6, 6.07) is 11.6. The number of rotatable bonds is 5. The fourth-order valence-corrected chi connectivity index (χ4v) is 6.49. The minimum atomic E-state index is -3.44. The van der Waals surface area contributed by atoms with E-state index in [4.69, 9.17) is 4.98 Å². The van der Waals surface area contributed by atoms with Crippen molar-refractivity contribution in [3.8, 4) is 0 Å². The summed E-state index contributed by atoms with van der Waals surface area (Å²) in [7, 11) is -3.44. The Hall–Kier alpha value is -2.25. The van der Waals surface area contributed by atoms with Crippen LogP contribution in [-0.2, 0) is 16.3 Å². The first-order chi connectivity index (χ1) is 14.3. The lowest BCUT2D eigenvalue weighted by Crippen LogP contribution is -2.39. The second kappa shape index (κ2) is 8.47. The molecule has 0 aliphatic carbocycles. The molecule has 2 aromatic carbocycles. The van der Waals surface area contributed by atoms with Crippen molar-refractivity contribution in [2.75, 3.05) is 18.0 Å². The van der Waals surface area contributed by atoms with Gasteiger partial charge in [-0.3, -0.25) is 0 Å². The van der Waals surface area contributed by atoms with Crippen molar-refractivity contribution in [2.24, 2.45) is 0 Å². The van der Waals surface area contributed by atoms with E-state index in [0.29, 0.717) is 25.9 Å². The fourth-order valence-electron chi connectivity index (χ4n) is 3.88. The van der Waals surface area contributed by atoms with Crippen LogP contribution in [0, 0.1) is 19.7 Å². The molecule has 30 heavy (non-hydrogen) atoms. The highest BCUT2D eigenvalue weighted by molar-refractivity contribution is 7.92. The number of benzene rings is 2. The summed E-state index contributed by atoms with van der Waals surface area (Å²) >= 11 is 1.62. The highest BCUT2D eigenvalue weighted by Crippen LogP contribution is 2.30. The van der Waals surface area contributed by atoms with Crippen LogP contribution in [0.5, 0.6) is 0 Å². The van der Waals surface area contributed by atoms with Crippen LogP contribution in [0.25, 0.3) is 0 Å². The molecule has 4 nitrogen and oxygen atoms in total. The Morgan fingerprint density at radius 1 is 1.10 bits per heavy atom. The number of sulfone groups is 1. The van der Waals surface area contributed by atoms with Crippen LogP contribution in [0.4, 0.5) is 9.52 Å². The first kappa shape index (κ1) is 21.0. The van der Waals surface area contributed by atoms with Crippen molar-refractivity contribution in [2.45, 2.75) is 43.3 Å². The summed E-state index contributed by atoms with van der Waals surface area (Å²) in [5, 5.41) is 2.61. The zero-order valence-electron chi connectivity index (χ0n) is 17.1. The van der Waals surface area contributed by atoms with E-state index in [0.717, 1.165) is 17.2 Å². The van der Waals surface area contributed by atoms with Gasteiger partial charge < -0.3 is 4.90 Å². The molecule has 4 rings (SSSR count). The molecule has 0 N–H and O–H groups in total. The van der Waals surface area contributed by atoms with E-state index in [1.807, 2.05) is 0 Å². The van der Waals surface area contributed by atoms with Crippen molar-refractivity contribution in [1.82, 2.24) is 4.98 Å². The predicted octanol–water partition coefficient (Wildman–Crippen LogP) is 4.93. The third-order valence-corrected chi connectivity index (χ3v) is 8.94. The number of hydrogen-bond donors (Lipinski definition) is 0. The van der Waals surface area contributed by atoms with Gasteiger partial charge in [-0.15, -0.1) is 11.3 Å². The number of halogens is 1. The summed E-state index contributed by atoms with van der Waals surface area (Å²) in [4.78, 5) is 7.18. The van der Waals surface area contributed by atoms with Crippen molar-refractivity contribution in [3.63, 3.8) is 0 Å². The van der Waals surface area contributed by atoms with Gasteiger partial charge in [0.1, 0.15) is 5.82 Å². The molecule has 158 valence electrons. The van der Waals surface area contributed by atoms with Crippen molar-refractivity contribution >= 4 is 26.3 Å². The Morgan fingerprint density at radius 3 is 2.50 bits per heavy atom. The van der Waals surface area contributed by atoms with Crippen LogP contribution < -0.4 is 4.90 Å². The second-order valence-corrected chi connectivity index (χ2v) is 11.0. The Kier molecular flexibility index (Phi) is 5.93. The zero-order valence-corrected chi connectivity index (χ0v) is 18.8. The van der Waals surface area contributed by atoms with Gasteiger partial charge in [-0.05, 0) is 62.1 Å². The molecule has 0 spiro atoms. The summed E-state index contributed by atoms with van der Waals surface area (Å²) < 4.78 is 38.8. The summed E-state index contributed by atoms with van der Waals surface area (Å²) in [6.07, 6.45) is 1.90. The molecule has 0 atom stereocenters. The number of aromatic nitrogens is 1. The standard InChI is InChI=1S/C23H25FN2O2S2/c1-16-3-4-17(2)18(13-16)14-20-15-29-23(25-20)26-11-9-22(10-12-26)30(27,28)21-7-5-19(24)6-8-21/h3-8,13,15,22H,9-12,14H2,1-2H3. The summed E-state index contributed by atoms with van der Waals surface area (Å²) in [6.45, 7) is 5.52. The number of nitrogens with zero attached hydrogens (tertiary/aromatic N) is 2. The highest BCUT2D eigenvalue weighted by Gasteiger charge is 2.32. The van der Waals surface area contributed by atoms with Crippen LogP contribution in [0.3, 0.4) is 0 Å². The van der Waals surface area contributed by atoms with E-state index in [1.54, 1.807) is 11.3 Å². The Bertz CT molecular complexity index is 1130. The summed E-state index contributed by atoms with van der Waals surface area (Å²) in [5.41, 5.74) is 4.85. The second-order valence-electron chi connectivity index (χ2n) is 7.91. The van der Waals surface area contributed by atoms with Gasteiger partial charge in [0.2, 0.25) is 0 Å². The van der Waals surface area contributed by atoms with Crippen LogP contribution in [0.15, 0.2) is 52.7 Å². The predicted molar refractivity (Wildman–Crippen MR) is 120 cm³/mol. The summed E-state index contributed by atoms with van der Waals surface area (Å²) in [5.74, 6) is -0.427. The highest BCUT2D eigenvalue weighted by atomic mass is 32.2. The zero-order chi connectivity index (χ0) is 21.3. The van der Waals surface area contributed by atoms with Crippen LogP contribution >= 0.6 is 11.3 Å². The van der Waals surface area contributed by atoms with Crippen LogP contribution in [0.2, 0.25) is 0 Å². The number of thiazole rings is 1. The van der Waals surface area contributed by atoms with Crippen LogP contribution in [-0.4, -0.2) is 31.7 Å². The van der Waals surface area contributed by atoms with Gasteiger partial charge >= 0.3 is 0 Å². The lowest BCUT2D eigenvalue weighted by atomic mass is 10.0. The van der Waals surface area contributed by atoms with E-state index in [1.165, 1.54) is 41.0 Å².